The maximum atomic E-state index is 9.05. The molecule has 8 nitrogen and oxygen atoms in total. The van der Waals surface area contributed by atoms with E-state index in [1.807, 2.05) is 30.6 Å². The van der Waals surface area contributed by atoms with Crippen LogP contribution < -0.4 is 5.32 Å². The van der Waals surface area contributed by atoms with E-state index in [1.54, 1.807) is 17.1 Å². The predicted molar refractivity (Wildman–Crippen MR) is 103 cm³/mol. The van der Waals surface area contributed by atoms with Crippen molar-refractivity contribution in [1.29, 1.82) is 5.26 Å². The predicted octanol–water partition coefficient (Wildman–Crippen LogP) is 3.23. The summed E-state index contributed by atoms with van der Waals surface area (Å²) in [5.74, 6) is 0.576. The Morgan fingerprint density at radius 1 is 1.30 bits per heavy atom. The van der Waals surface area contributed by atoms with Crippen LogP contribution in [0.2, 0.25) is 0 Å². The third kappa shape index (κ3) is 3.35. The van der Waals surface area contributed by atoms with Crippen LogP contribution in [0.1, 0.15) is 13.3 Å². The molecule has 0 unspecified atom stereocenters. The number of anilines is 1. The number of fused-ring (bicyclic) bond motifs is 1. The molecule has 27 heavy (non-hydrogen) atoms. The molecule has 134 valence electrons. The van der Waals surface area contributed by atoms with Gasteiger partial charge in [0.2, 0.25) is 5.95 Å². The third-order valence-corrected chi connectivity index (χ3v) is 4.13. The molecule has 0 aliphatic rings. The summed E-state index contributed by atoms with van der Waals surface area (Å²) in [7, 11) is 0. The highest BCUT2D eigenvalue weighted by Crippen LogP contribution is 2.31. The minimum Gasteiger partial charge on any atom is -0.354 e. The first-order valence-corrected chi connectivity index (χ1v) is 8.73. The third-order valence-electron chi connectivity index (χ3n) is 4.13. The topological polar surface area (TPSA) is 108 Å². The number of pyridine rings is 1. The fraction of sp³-hybridized carbons (Fsp3) is 0.211. The monoisotopic (exact) mass is 358 g/mol. The average Bonchev–Trinajstić information content (AvgIpc) is 3.33. The molecule has 0 radical (unpaired) electrons. The van der Waals surface area contributed by atoms with Gasteiger partial charge in [0.25, 0.3) is 0 Å². The lowest BCUT2D eigenvalue weighted by molar-refractivity contribution is 0.712. The molecular weight excluding hydrogens is 340 g/mol. The summed E-state index contributed by atoms with van der Waals surface area (Å²) in [6.45, 7) is 3.06. The molecule has 0 aromatic carbocycles. The van der Waals surface area contributed by atoms with Crippen molar-refractivity contribution in [1.82, 2.24) is 29.7 Å². The minimum absolute atomic E-state index is 0.166. The fourth-order valence-corrected chi connectivity index (χ4v) is 2.88. The number of nitrogens with zero attached hydrogens (tertiary/aromatic N) is 6. The van der Waals surface area contributed by atoms with Crippen LogP contribution in [-0.2, 0) is 6.54 Å². The van der Waals surface area contributed by atoms with Gasteiger partial charge in [-0.3, -0.25) is 4.68 Å². The smallest absolute Gasteiger partial charge is 0.223 e. The Labute approximate surface area is 155 Å². The van der Waals surface area contributed by atoms with Crippen LogP contribution in [0.3, 0.4) is 0 Å². The van der Waals surface area contributed by atoms with Crippen molar-refractivity contribution in [3.05, 3.63) is 43.0 Å². The van der Waals surface area contributed by atoms with Gasteiger partial charge >= 0.3 is 0 Å². The molecule has 8 heteroatoms. The van der Waals surface area contributed by atoms with Crippen molar-refractivity contribution >= 4 is 17.0 Å². The number of aromatic amines is 1. The number of nitriles is 1. The van der Waals surface area contributed by atoms with E-state index in [0.29, 0.717) is 5.95 Å². The molecular formula is C19H18N8. The zero-order valence-electron chi connectivity index (χ0n) is 14.8. The van der Waals surface area contributed by atoms with Crippen molar-refractivity contribution in [2.75, 3.05) is 11.9 Å². The van der Waals surface area contributed by atoms with Crippen LogP contribution in [0.15, 0.2) is 43.0 Å². The maximum absolute atomic E-state index is 9.05. The normalized spacial score (nSPS) is 10.8. The summed E-state index contributed by atoms with van der Waals surface area (Å²) in [5, 5.41) is 17.8. The molecule has 0 bridgehead atoms. The summed E-state index contributed by atoms with van der Waals surface area (Å²) in [6.07, 6.45) is 8.18. The van der Waals surface area contributed by atoms with Gasteiger partial charge in [0.1, 0.15) is 17.9 Å². The molecule has 4 aromatic rings. The molecule has 0 saturated carbocycles. The van der Waals surface area contributed by atoms with Gasteiger partial charge in [0, 0.05) is 47.8 Å². The van der Waals surface area contributed by atoms with Crippen LogP contribution in [0.5, 0.6) is 0 Å². The molecule has 0 spiro atoms. The number of nitrogens with one attached hydrogen (secondary N) is 2. The Kier molecular flexibility index (Phi) is 4.49. The highest BCUT2D eigenvalue weighted by Gasteiger charge is 2.16. The number of H-pyrrole nitrogens is 1. The largest absolute Gasteiger partial charge is 0.354 e. The first-order valence-electron chi connectivity index (χ1n) is 8.73. The van der Waals surface area contributed by atoms with Gasteiger partial charge < -0.3 is 10.3 Å². The zero-order valence-corrected chi connectivity index (χ0v) is 14.8. The SMILES string of the molecule is CCCNc1nccc(-c2cn(CC#N)nc2-c2cnc3[nH]ccc3c2)n1. The Hall–Kier alpha value is -3.73. The second-order valence-electron chi connectivity index (χ2n) is 6.08. The summed E-state index contributed by atoms with van der Waals surface area (Å²) in [4.78, 5) is 16.4. The summed E-state index contributed by atoms with van der Waals surface area (Å²) in [5.41, 5.74) is 4.02. The highest BCUT2D eigenvalue weighted by atomic mass is 15.3. The van der Waals surface area contributed by atoms with Crippen molar-refractivity contribution < 1.29 is 0 Å². The lowest BCUT2D eigenvalue weighted by Crippen LogP contribution is -2.04. The van der Waals surface area contributed by atoms with E-state index in [0.717, 1.165) is 46.5 Å². The number of rotatable bonds is 6. The van der Waals surface area contributed by atoms with Gasteiger partial charge in [-0.1, -0.05) is 6.92 Å². The Bertz CT molecular complexity index is 1120. The van der Waals surface area contributed by atoms with E-state index in [-0.39, 0.29) is 6.54 Å². The molecule has 0 aliphatic carbocycles. The molecule has 0 saturated heterocycles. The van der Waals surface area contributed by atoms with E-state index in [1.165, 1.54) is 0 Å². The molecule has 4 aromatic heterocycles. The zero-order chi connectivity index (χ0) is 18.6. The van der Waals surface area contributed by atoms with E-state index >= 15 is 0 Å². The Morgan fingerprint density at radius 2 is 2.22 bits per heavy atom. The van der Waals surface area contributed by atoms with Gasteiger partial charge in [0.05, 0.1) is 11.8 Å². The highest BCUT2D eigenvalue weighted by molar-refractivity contribution is 5.85. The Balaban J connectivity index is 1.81. The van der Waals surface area contributed by atoms with E-state index in [4.69, 9.17) is 5.26 Å². The van der Waals surface area contributed by atoms with Crippen LogP contribution in [0.4, 0.5) is 5.95 Å². The average molecular weight is 358 g/mol. The minimum atomic E-state index is 0.166. The lowest BCUT2D eigenvalue weighted by Gasteiger charge is -2.06. The summed E-state index contributed by atoms with van der Waals surface area (Å²) in [6, 6.07) is 7.96. The molecule has 0 amide bonds. The summed E-state index contributed by atoms with van der Waals surface area (Å²) >= 11 is 0. The van der Waals surface area contributed by atoms with Crippen LogP contribution in [-0.4, -0.2) is 36.3 Å². The molecule has 4 heterocycles. The quantitative estimate of drug-likeness (QED) is 0.548. The molecule has 2 N–H and O–H groups in total. The standard InChI is InChI=1S/C19H18N8/c1-2-6-22-19-23-8-4-16(25-19)15-12-27(9-5-20)26-17(15)14-10-13-3-7-21-18(13)24-11-14/h3-4,7-8,10-12H,2,6,9H2,1H3,(H,21,24)(H,22,23,25). The summed E-state index contributed by atoms with van der Waals surface area (Å²) < 4.78 is 1.62. The lowest BCUT2D eigenvalue weighted by atomic mass is 10.1. The van der Waals surface area contributed by atoms with Crippen molar-refractivity contribution in [3.8, 4) is 28.6 Å². The van der Waals surface area contributed by atoms with E-state index in [9.17, 15) is 0 Å². The van der Waals surface area contributed by atoms with Gasteiger partial charge in [-0.2, -0.15) is 10.4 Å². The molecule has 0 atom stereocenters. The van der Waals surface area contributed by atoms with Crippen LogP contribution >= 0.6 is 0 Å². The van der Waals surface area contributed by atoms with Crippen molar-refractivity contribution in [2.24, 2.45) is 0 Å². The van der Waals surface area contributed by atoms with Gasteiger partial charge in [-0.25, -0.2) is 15.0 Å². The number of aromatic nitrogens is 6. The maximum Gasteiger partial charge on any atom is 0.223 e. The molecule has 0 aliphatic heterocycles. The number of hydrogen-bond acceptors (Lipinski definition) is 6. The van der Waals surface area contributed by atoms with Crippen LogP contribution in [0.25, 0.3) is 33.5 Å². The fourth-order valence-electron chi connectivity index (χ4n) is 2.88. The van der Waals surface area contributed by atoms with E-state index < -0.39 is 0 Å². The first-order chi connectivity index (χ1) is 13.3. The second-order valence-corrected chi connectivity index (χ2v) is 6.08. The number of hydrogen-bond donors (Lipinski definition) is 2. The second kappa shape index (κ2) is 7.25. The van der Waals surface area contributed by atoms with Crippen molar-refractivity contribution in [2.45, 2.75) is 19.9 Å². The van der Waals surface area contributed by atoms with Crippen molar-refractivity contribution in [3.63, 3.8) is 0 Å². The molecule has 0 fully saturated rings. The van der Waals surface area contributed by atoms with Gasteiger partial charge in [-0.05, 0) is 24.6 Å². The molecule has 4 rings (SSSR count). The Morgan fingerprint density at radius 3 is 3.07 bits per heavy atom. The first kappa shape index (κ1) is 16.7. The van der Waals surface area contributed by atoms with Gasteiger partial charge in [0.15, 0.2) is 0 Å². The van der Waals surface area contributed by atoms with Crippen LogP contribution in [0, 0.1) is 11.3 Å². The van der Waals surface area contributed by atoms with Gasteiger partial charge in [-0.15, -0.1) is 0 Å². The van der Waals surface area contributed by atoms with E-state index in [2.05, 4.69) is 43.3 Å².